The van der Waals surface area contributed by atoms with Crippen LogP contribution in [-0.4, -0.2) is 25.8 Å². The van der Waals surface area contributed by atoms with E-state index in [0.717, 1.165) is 11.6 Å². The third-order valence-electron chi connectivity index (χ3n) is 3.91. The van der Waals surface area contributed by atoms with E-state index in [-0.39, 0.29) is 29.5 Å². The normalized spacial score (nSPS) is 16.8. The average Bonchev–Trinajstić information content (AvgIpc) is 2.46. The van der Waals surface area contributed by atoms with Crippen molar-refractivity contribution in [2.45, 2.75) is 32.1 Å². The van der Waals surface area contributed by atoms with Crippen LogP contribution in [0.5, 0.6) is 5.75 Å². The number of aromatic hydroxyl groups is 1. The summed E-state index contributed by atoms with van der Waals surface area (Å²) in [4.78, 5) is 29.8. The Hall–Kier alpha value is -2.08. The van der Waals surface area contributed by atoms with E-state index < -0.39 is 13.5 Å². The minimum absolute atomic E-state index is 0.0436. The lowest BCUT2D eigenvalue weighted by Gasteiger charge is -2.24. The maximum Gasteiger partial charge on any atom is 0.427 e. The van der Waals surface area contributed by atoms with Crippen LogP contribution in [0.2, 0.25) is 0 Å². The fourth-order valence-corrected chi connectivity index (χ4v) is 3.29. The smallest absolute Gasteiger partial charge is 0.427 e. The van der Waals surface area contributed by atoms with Crippen molar-refractivity contribution in [3.8, 4) is 5.75 Å². The quantitative estimate of drug-likeness (QED) is 0.498. The van der Waals surface area contributed by atoms with Crippen LogP contribution in [0.3, 0.4) is 0 Å². The van der Waals surface area contributed by atoms with E-state index in [1.165, 1.54) is 0 Å². The average molecular weight is 353 g/mol. The topological polar surface area (TPSA) is 127 Å². The van der Waals surface area contributed by atoms with Crippen LogP contribution < -0.4 is 5.09 Å². The second kappa shape index (κ2) is 7.21. The number of ketones is 1. The number of rotatable bonds is 6. The molecule has 0 amide bonds. The Morgan fingerprint density at radius 3 is 2.38 bits per heavy atom. The Labute approximate surface area is 139 Å². The molecule has 2 rings (SSSR count). The van der Waals surface area contributed by atoms with Crippen LogP contribution in [0.15, 0.2) is 47.4 Å². The fourth-order valence-electron chi connectivity index (χ4n) is 2.73. The maximum atomic E-state index is 11.6. The number of aliphatic hydroxyl groups excluding tert-OH is 1. The van der Waals surface area contributed by atoms with Gasteiger partial charge >= 0.3 is 7.75 Å². The number of benzene rings is 1. The SMILES string of the molecule is CCC(CC1=C(NP(=O)(O)O)CC(=O)C=C1O)c1ccc(O)cc1. The molecule has 8 heteroatoms. The van der Waals surface area contributed by atoms with Crippen molar-refractivity contribution >= 4 is 13.5 Å². The number of phenolic OH excluding ortho intramolecular Hbond substituents is 1. The molecule has 1 atom stereocenters. The lowest BCUT2D eigenvalue weighted by atomic mass is 9.86. The zero-order chi connectivity index (χ0) is 17.9. The highest BCUT2D eigenvalue weighted by atomic mass is 31.2. The zero-order valence-electron chi connectivity index (χ0n) is 13.1. The number of carbonyl (C=O) groups is 1. The van der Waals surface area contributed by atoms with Gasteiger partial charge in [-0.25, -0.2) is 4.57 Å². The summed E-state index contributed by atoms with van der Waals surface area (Å²) in [5.74, 6) is -0.607. The van der Waals surface area contributed by atoms with Crippen molar-refractivity contribution in [3.05, 3.63) is 52.9 Å². The van der Waals surface area contributed by atoms with Gasteiger partial charge in [0.1, 0.15) is 11.5 Å². The third kappa shape index (κ3) is 4.71. The van der Waals surface area contributed by atoms with Gasteiger partial charge in [-0.3, -0.25) is 9.88 Å². The van der Waals surface area contributed by atoms with Crippen molar-refractivity contribution in [1.29, 1.82) is 0 Å². The van der Waals surface area contributed by atoms with Crippen LogP contribution in [0.1, 0.15) is 37.7 Å². The Balaban J connectivity index is 2.35. The molecule has 1 aromatic carbocycles. The molecule has 0 radical (unpaired) electrons. The van der Waals surface area contributed by atoms with Gasteiger partial charge in [0.15, 0.2) is 5.78 Å². The highest BCUT2D eigenvalue weighted by Gasteiger charge is 2.27. The highest BCUT2D eigenvalue weighted by Crippen LogP contribution is 2.38. The van der Waals surface area contributed by atoms with Gasteiger partial charge < -0.3 is 20.0 Å². The van der Waals surface area contributed by atoms with Gasteiger partial charge in [0.25, 0.3) is 0 Å². The first kappa shape index (κ1) is 18.3. The maximum absolute atomic E-state index is 11.6. The Morgan fingerprint density at radius 1 is 1.21 bits per heavy atom. The molecule has 7 nitrogen and oxygen atoms in total. The van der Waals surface area contributed by atoms with E-state index in [2.05, 4.69) is 0 Å². The van der Waals surface area contributed by atoms with E-state index in [9.17, 15) is 19.6 Å². The second-order valence-corrected chi connectivity index (χ2v) is 7.00. The molecule has 0 aromatic heterocycles. The van der Waals surface area contributed by atoms with Gasteiger partial charge in [0, 0.05) is 17.3 Å². The van der Waals surface area contributed by atoms with E-state index in [0.29, 0.717) is 18.4 Å². The molecule has 0 saturated carbocycles. The molecule has 5 N–H and O–H groups in total. The van der Waals surface area contributed by atoms with Crippen molar-refractivity contribution in [1.82, 2.24) is 5.09 Å². The molecule has 0 spiro atoms. The summed E-state index contributed by atoms with van der Waals surface area (Å²) in [6, 6.07) is 6.63. The number of phenols is 1. The largest absolute Gasteiger partial charge is 0.508 e. The first-order valence-electron chi connectivity index (χ1n) is 7.48. The summed E-state index contributed by atoms with van der Waals surface area (Å²) in [5, 5.41) is 21.5. The van der Waals surface area contributed by atoms with Crippen molar-refractivity contribution in [2.75, 3.05) is 0 Å². The van der Waals surface area contributed by atoms with E-state index >= 15 is 0 Å². The fraction of sp³-hybridized carbons (Fsp3) is 0.312. The molecule has 0 aliphatic heterocycles. The molecule has 0 bridgehead atoms. The number of carbonyl (C=O) groups excluding carboxylic acids is 1. The molecular weight excluding hydrogens is 333 g/mol. The number of aliphatic hydroxyl groups is 1. The molecule has 130 valence electrons. The van der Waals surface area contributed by atoms with Crippen LogP contribution in [0, 0.1) is 0 Å². The summed E-state index contributed by atoms with van der Waals surface area (Å²) < 4.78 is 11.2. The Morgan fingerprint density at radius 2 is 1.83 bits per heavy atom. The van der Waals surface area contributed by atoms with E-state index in [4.69, 9.17) is 9.79 Å². The summed E-state index contributed by atoms with van der Waals surface area (Å²) >= 11 is 0. The number of nitrogens with one attached hydrogen (secondary N) is 1. The van der Waals surface area contributed by atoms with Gasteiger partial charge in [0.05, 0.1) is 6.42 Å². The lowest BCUT2D eigenvalue weighted by Crippen LogP contribution is -2.20. The molecule has 24 heavy (non-hydrogen) atoms. The van der Waals surface area contributed by atoms with Gasteiger partial charge in [-0.2, -0.15) is 0 Å². The standard InChI is InChI=1S/C16H20NO6P/c1-2-10(11-3-5-12(18)6-4-11)7-14-15(17-24(21,22)23)8-13(19)9-16(14)20/h3-6,9-10,18,20H,2,7-8H2,1H3,(H3,17,21,22,23). The Kier molecular flexibility index (Phi) is 5.49. The predicted molar refractivity (Wildman–Crippen MR) is 88.3 cm³/mol. The second-order valence-electron chi connectivity index (χ2n) is 5.69. The molecule has 0 saturated heterocycles. The third-order valence-corrected chi connectivity index (χ3v) is 4.47. The van der Waals surface area contributed by atoms with E-state index in [1.54, 1.807) is 24.3 Å². The molecule has 0 fully saturated rings. The number of hydrogen-bond donors (Lipinski definition) is 5. The zero-order valence-corrected chi connectivity index (χ0v) is 14.0. The highest BCUT2D eigenvalue weighted by molar-refractivity contribution is 7.49. The van der Waals surface area contributed by atoms with Crippen LogP contribution >= 0.6 is 7.75 Å². The van der Waals surface area contributed by atoms with Crippen molar-refractivity contribution < 1.29 is 29.4 Å². The van der Waals surface area contributed by atoms with E-state index in [1.807, 2.05) is 12.0 Å². The van der Waals surface area contributed by atoms with Gasteiger partial charge in [-0.1, -0.05) is 19.1 Å². The molecule has 1 aromatic rings. The lowest BCUT2D eigenvalue weighted by molar-refractivity contribution is -0.114. The van der Waals surface area contributed by atoms with Gasteiger partial charge in [0.2, 0.25) is 0 Å². The summed E-state index contributed by atoms with van der Waals surface area (Å²) in [6.45, 7) is 1.95. The molecule has 0 heterocycles. The van der Waals surface area contributed by atoms with Gasteiger partial charge in [-0.05, 0) is 36.5 Å². The molecule has 1 unspecified atom stereocenters. The van der Waals surface area contributed by atoms with Crippen LogP contribution in [0.25, 0.3) is 0 Å². The predicted octanol–water partition coefficient (Wildman–Crippen LogP) is 2.63. The molecule has 1 aliphatic rings. The summed E-state index contributed by atoms with van der Waals surface area (Å²) in [6.07, 6.45) is 1.89. The van der Waals surface area contributed by atoms with Crippen molar-refractivity contribution in [2.24, 2.45) is 0 Å². The number of allylic oxidation sites excluding steroid dienone is 3. The van der Waals surface area contributed by atoms with Crippen LogP contribution in [0.4, 0.5) is 0 Å². The summed E-state index contributed by atoms with van der Waals surface area (Å²) in [7, 11) is -4.59. The Bertz CT molecular complexity index is 731. The molecule has 1 aliphatic carbocycles. The van der Waals surface area contributed by atoms with Crippen molar-refractivity contribution in [3.63, 3.8) is 0 Å². The first-order chi connectivity index (χ1) is 11.2. The first-order valence-corrected chi connectivity index (χ1v) is 9.09. The minimum atomic E-state index is -4.59. The minimum Gasteiger partial charge on any atom is -0.508 e. The monoisotopic (exact) mass is 353 g/mol. The molecular formula is C16H20NO6P. The van der Waals surface area contributed by atoms with Gasteiger partial charge in [-0.15, -0.1) is 0 Å². The van der Waals surface area contributed by atoms with Crippen LogP contribution in [-0.2, 0) is 9.36 Å². The number of hydrogen-bond acceptors (Lipinski definition) is 4. The summed E-state index contributed by atoms with van der Waals surface area (Å²) in [5.41, 5.74) is 1.28.